The number of amides is 2. The van der Waals surface area contributed by atoms with Crippen LogP contribution in [0, 0.1) is 5.41 Å². The maximum absolute atomic E-state index is 11.7. The molecule has 1 aliphatic carbocycles. The molecule has 1 fully saturated rings. The van der Waals surface area contributed by atoms with Crippen LogP contribution in [-0.4, -0.2) is 23.6 Å². The van der Waals surface area contributed by atoms with E-state index in [9.17, 15) is 9.59 Å². The van der Waals surface area contributed by atoms with Gasteiger partial charge in [-0.15, -0.1) is 0 Å². The molecular weight excluding hydrogens is 244 g/mol. The lowest BCUT2D eigenvalue weighted by molar-refractivity contribution is -0.130. The van der Waals surface area contributed by atoms with E-state index in [0.717, 1.165) is 32.1 Å². The number of nitrogens with one attached hydrogen (secondary N) is 1. The van der Waals surface area contributed by atoms with E-state index in [1.54, 1.807) is 0 Å². The smallest absolute Gasteiger partial charge is 0.407 e. The van der Waals surface area contributed by atoms with Crippen molar-refractivity contribution in [2.24, 2.45) is 11.1 Å². The summed E-state index contributed by atoms with van der Waals surface area (Å²) >= 11 is 0. The van der Waals surface area contributed by atoms with Crippen molar-refractivity contribution in [2.75, 3.05) is 0 Å². The second-order valence-corrected chi connectivity index (χ2v) is 6.42. The van der Waals surface area contributed by atoms with Crippen LogP contribution in [0.3, 0.4) is 0 Å². The number of nitrogens with two attached hydrogens (primary N) is 1. The third-order valence-electron chi connectivity index (χ3n) is 3.86. The average Bonchev–Trinajstić information content (AvgIpc) is 2.27. The molecule has 0 aromatic rings. The Balaban J connectivity index is 2.46. The summed E-state index contributed by atoms with van der Waals surface area (Å²) in [5.74, 6) is -0.217. The molecule has 0 spiro atoms. The monoisotopic (exact) mass is 270 g/mol. The van der Waals surface area contributed by atoms with Crippen molar-refractivity contribution in [2.45, 2.75) is 71.4 Å². The molecule has 0 aromatic carbocycles. The van der Waals surface area contributed by atoms with Crippen molar-refractivity contribution in [3.8, 4) is 0 Å². The Hall–Kier alpha value is -1.26. The largest absolute Gasteiger partial charge is 0.444 e. The molecule has 5 nitrogen and oxygen atoms in total. The molecular formula is C14H26N2O3. The van der Waals surface area contributed by atoms with Gasteiger partial charge in [0.05, 0.1) is 0 Å². The summed E-state index contributed by atoms with van der Waals surface area (Å²) in [6.45, 7) is 7.50. The summed E-state index contributed by atoms with van der Waals surface area (Å²) in [6, 6.07) is 0.0777. The molecule has 110 valence electrons. The Labute approximate surface area is 115 Å². The second kappa shape index (κ2) is 5.80. The standard InChI is InChI=1S/C14H26N2O3/c1-5-14(11(15)17)8-6-10(7-9-14)16-12(18)19-13(2,3)4/h10H,5-9H2,1-4H3,(H2,15,17)(H,16,18). The van der Waals surface area contributed by atoms with E-state index in [1.807, 2.05) is 27.7 Å². The van der Waals surface area contributed by atoms with Crippen LogP contribution in [0.15, 0.2) is 0 Å². The van der Waals surface area contributed by atoms with Crippen molar-refractivity contribution in [3.63, 3.8) is 0 Å². The van der Waals surface area contributed by atoms with Gasteiger partial charge in [0.2, 0.25) is 5.91 Å². The predicted molar refractivity (Wildman–Crippen MR) is 73.5 cm³/mol. The summed E-state index contributed by atoms with van der Waals surface area (Å²) in [4.78, 5) is 23.2. The van der Waals surface area contributed by atoms with E-state index in [1.165, 1.54) is 0 Å². The zero-order chi connectivity index (χ0) is 14.7. The number of hydrogen-bond donors (Lipinski definition) is 2. The number of rotatable bonds is 3. The number of alkyl carbamates (subject to hydrolysis) is 1. The first-order valence-electron chi connectivity index (χ1n) is 6.98. The quantitative estimate of drug-likeness (QED) is 0.825. The van der Waals surface area contributed by atoms with E-state index in [0.29, 0.717) is 0 Å². The molecule has 0 radical (unpaired) electrons. The topological polar surface area (TPSA) is 81.4 Å². The molecule has 0 saturated heterocycles. The Morgan fingerprint density at radius 2 is 1.84 bits per heavy atom. The van der Waals surface area contributed by atoms with Gasteiger partial charge in [0.25, 0.3) is 0 Å². The number of primary amides is 1. The van der Waals surface area contributed by atoms with Gasteiger partial charge in [-0.1, -0.05) is 6.92 Å². The van der Waals surface area contributed by atoms with E-state index >= 15 is 0 Å². The van der Waals surface area contributed by atoms with Gasteiger partial charge >= 0.3 is 6.09 Å². The first-order valence-corrected chi connectivity index (χ1v) is 6.98. The molecule has 2 amide bonds. The summed E-state index contributed by atoms with van der Waals surface area (Å²) in [6.07, 6.45) is 3.40. The highest BCUT2D eigenvalue weighted by atomic mass is 16.6. The number of carbonyl (C=O) groups excluding carboxylic acids is 2. The van der Waals surface area contributed by atoms with Crippen molar-refractivity contribution in [1.82, 2.24) is 5.32 Å². The molecule has 1 saturated carbocycles. The van der Waals surface area contributed by atoms with Crippen LogP contribution in [0.4, 0.5) is 4.79 Å². The van der Waals surface area contributed by atoms with Crippen molar-refractivity contribution >= 4 is 12.0 Å². The minimum absolute atomic E-state index is 0.0777. The Kier molecular flexibility index (Phi) is 4.82. The average molecular weight is 270 g/mol. The van der Waals surface area contributed by atoms with E-state index in [2.05, 4.69) is 5.32 Å². The van der Waals surface area contributed by atoms with Crippen LogP contribution in [0.5, 0.6) is 0 Å². The maximum atomic E-state index is 11.7. The first-order chi connectivity index (χ1) is 8.68. The normalized spacial score (nSPS) is 27.7. The van der Waals surface area contributed by atoms with Crippen LogP contribution in [0.2, 0.25) is 0 Å². The molecule has 0 aliphatic heterocycles. The van der Waals surface area contributed by atoms with Gasteiger partial charge in [-0.25, -0.2) is 4.79 Å². The van der Waals surface area contributed by atoms with Crippen molar-refractivity contribution in [1.29, 1.82) is 0 Å². The van der Waals surface area contributed by atoms with Gasteiger partial charge in [0.1, 0.15) is 5.60 Å². The van der Waals surface area contributed by atoms with Gasteiger partial charge in [-0.3, -0.25) is 4.79 Å². The lowest BCUT2D eigenvalue weighted by Gasteiger charge is -2.37. The lowest BCUT2D eigenvalue weighted by Crippen LogP contribution is -2.46. The predicted octanol–water partition coefficient (Wildman–Crippen LogP) is 2.34. The molecule has 0 unspecified atom stereocenters. The molecule has 0 bridgehead atoms. The summed E-state index contributed by atoms with van der Waals surface area (Å²) in [5.41, 5.74) is 4.62. The number of hydrogen-bond acceptors (Lipinski definition) is 3. The first kappa shape index (κ1) is 15.8. The zero-order valence-electron chi connectivity index (χ0n) is 12.4. The van der Waals surface area contributed by atoms with Crippen LogP contribution in [0.1, 0.15) is 59.8 Å². The molecule has 5 heteroatoms. The molecule has 19 heavy (non-hydrogen) atoms. The summed E-state index contributed by atoms with van der Waals surface area (Å²) < 4.78 is 5.22. The SMILES string of the molecule is CCC1(C(N)=O)CCC(NC(=O)OC(C)(C)C)CC1. The summed E-state index contributed by atoms with van der Waals surface area (Å²) in [5, 5.41) is 2.86. The molecule has 0 atom stereocenters. The molecule has 0 aromatic heterocycles. The van der Waals surface area contributed by atoms with E-state index < -0.39 is 5.60 Å². The van der Waals surface area contributed by atoms with Gasteiger partial charge in [-0.05, 0) is 52.9 Å². The number of carbonyl (C=O) groups is 2. The van der Waals surface area contributed by atoms with Gasteiger partial charge < -0.3 is 15.8 Å². The van der Waals surface area contributed by atoms with Crippen molar-refractivity contribution < 1.29 is 14.3 Å². The van der Waals surface area contributed by atoms with Crippen LogP contribution < -0.4 is 11.1 Å². The van der Waals surface area contributed by atoms with Crippen LogP contribution >= 0.6 is 0 Å². The van der Waals surface area contributed by atoms with Gasteiger partial charge in [0.15, 0.2) is 0 Å². The molecule has 1 rings (SSSR count). The Morgan fingerprint density at radius 1 is 1.32 bits per heavy atom. The fraction of sp³-hybridized carbons (Fsp3) is 0.857. The van der Waals surface area contributed by atoms with E-state index in [4.69, 9.17) is 10.5 Å². The third-order valence-corrected chi connectivity index (χ3v) is 3.86. The van der Waals surface area contributed by atoms with Crippen LogP contribution in [0.25, 0.3) is 0 Å². The zero-order valence-corrected chi connectivity index (χ0v) is 12.4. The highest BCUT2D eigenvalue weighted by molar-refractivity contribution is 5.80. The minimum atomic E-state index is -0.487. The van der Waals surface area contributed by atoms with Gasteiger partial charge in [-0.2, -0.15) is 0 Å². The fourth-order valence-corrected chi connectivity index (χ4v) is 2.56. The molecule has 1 aliphatic rings. The molecule has 0 heterocycles. The Bertz CT molecular complexity index is 339. The fourth-order valence-electron chi connectivity index (χ4n) is 2.56. The van der Waals surface area contributed by atoms with Gasteiger partial charge in [0, 0.05) is 11.5 Å². The van der Waals surface area contributed by atoms with E-state index in [-0.39, 0.29) is 23.5 Å². The number of ether oxygens (including phenoxy) is 1. The van der Waals surface area contributed by atoms with Crippen LogP contribution in [-0.2, 0) is 9.53 Å². The summed E-state index contributed by atoms with van der Waals surface area (Å²) in [7, 11) is 0. The van der Waals surface area contributed by atoms with Crippen molar-refractivity contribution in [3.05, 3.63) is 0 Å². The maximum Gasteiger partial charge on any atom is 0.407 e. The highest BCUT2D eigenvalue weighted by Gasteiger charge is 2.39. The Morgan fingerprint density at radius 3 is 2.21 bits per heavy atom. The molecule has 3 N–H and O–H groups in total. The minimum Gasteiger partial charge on any atom is -0.444 e. The second-order valence-electron chi connectivity index (χ2n) is 6.42. The lowest BCUT2D eigenvalue weighted by atomic mass is 9.70. The highest BCUT2D eigenvalue weighted by Crippen LogP contribution is 2.38. The third kappa shape index (κ3) is 4.40.